The highest BCUT2D eigenvalue weighted by Crippen LogP contribution is 2.35. The molecule has 3 aliphatic rings. The van der Waals surface area contributed by atoms with E-state index < -0.39 is 33.4 Å². The number of imide groups is 1. The molecule has 0 radical (unpaired) electrons. The minimum absolute atomic E-state index is 0.00937. The minimum Gasteiger partial charge on any atom is -0.453 e. The smallest absolute Gasteiger partial charge is 0.301 e. The number of hydrogen-bond donors (Lipinski definition) is 3. The fraction of sp³-hybridized carbons (Fsp3) is 0.386. The molecule has 8 rings (SSSR count). The predicted molar refractivity (Wildman–Crippen MR) is 235 cm³/mol. The first-order chi connectivity index (χ1) is 30.8. The lowest BCUT2D eigenvalue weighted by Crippen LogP contribution is -2.47. The fourth-order valence-electron chi connectivity index (χ4n) is 8.34. The maximum atomic E-state index is 15.1. The standard InChI is InChI=1S/C44H48FN11O7S/c1-3-52(2)64(61,62)51-38-11-9-36(45)42(35(38)23-46)63-33-8-10-37-34(22-33)44(60)55(27-47-37)32-24-48-56(25-32)31-16-20-54(21-17-31)41(58)26-53-18-14-29(15-19-53)28-4-6-30(7-5-28)49-39-12-13-40(57)50-43(39)59/h4-11,22,24-25,27,29,31,39,49,51H,3,12-21,26H2,1-2H3,(H,50,57,59). The fourth-order valence-corrected chi connectivity index (χ4v) is 9.28. The van der Waals surface area contributed by atoms with Crippen molar-refractivity contribution in [3.63, 3.8) is 0 Å². The zero-order valence-corrected chi connectivity index (χ0v) is 36.2. The second-order valence-electron chi connectivity index (χ2n) is 16.2. The van der Waals surface area contributed by atoms with Gasteiger partial charge in [-0.1, -0.05) is 19.1 Å². The second-order valence-corrected chi connectivity index (χ2v) is 18.0. The highest BCUT2D eigenvalue weighted by molar-refractivity contribution is 7.90. The molecule has 0 bridgehead atoms. The molecule has 3 aromatic carbocycles. The van der Waals surface area contributed by atoms with Gasteiger partial charge in [0.2, 0.25) is 17.7 Å². The zero-order chi connectivity index (χ0) is 45.1. The summed E-state index contributed by atoms with van der Waals surface area (Å²) in [4.78, 5) is 59.4. The maximum absolute atomic E-state index is 15.1. The van der Waals surface area contributed by atoms with E-state index >= 15 is 4.39 Å². The largest absolute Gasteiger partial charge is 0.453 e. The molecule has 1 unspecified atom stereocenters. The Labute approximate surface area is 368 Å². The molecule has 0 aliphatic carbocycles. The van der Waals surface area contributed by atoms with Crippen LogP contribution in [0.25, 0.3) is 16.6 Å². The van der Waals surface area contributed by atoms with Gasteiger partial charge >= 0.3 is 10.2 Å². The van der Waals surface area contributed by atoms with Crippen LogP contribution in [0.3, 0.4) is 0 Å². The number of ether oxygens (including phenoxy) is 1. The van der Waals surface area contributed by atoms with Gasteiger partial charge in [-0.2, -0.15) is 23.1 Å². The summed E-state index contributed by atoms with van der Waals surface area (Å²) in [6.07, 6.45) is 8.77. The highest BCUT2D eigenvalue weighted by Gasteiger charge is 2.29. The van der Waals surface area contributed by atoms with Crippen LogP contribution in [0.2, 0.25) is 0 Å². The number of nitrogens with one attached hydrogen (secondary N) is 3. The van der Waals surface area contributed by atoms with Gasteiger partial charge in [0, 0.05) is 45.0 Å². The molecule has 334 valence electrons. The van der Waals surface area contributed by atoms with E-state index in [0.717, 1.165) is 48.1 Å². The quantitative estimate of drug-likeness (QED) is 0.142. The Bertz CT molecular complexity index is 2790. The van der Waals surface area contributed by atoms with E-state index in [2.05, 4.69) is 42.5 Å². The molecule has 18 nitrogen and oxygen atoms in total. The lowest BCUT2D eigenvalue weighted by molar-refractivity contribution is -0.135. The number of nitriles is 1. The Balaban J connectivity index is 0.848. The maximum Gasteiger partial charge on any atom is 0.301 e. The SMILES string of the molecule is CCN(C)S(=O)(=O)Nc1ccc(F)c(Oc2ccc3ncn(-c4cnn(C5CCN(C(=O)CN6CCC(c7ccc(NC8CCC(=O)NC8=O)cc7)CC6)CC5)c4)c(=O)c3c2)c1C#N. The van der Waals surface area contributed by atoms with Crippen molar-refractivity contribution in [1.29, 1.82) is 5.26 Å². The molecular formula is C44H48FN11O7S. The van der Waals surface area contributed by atoms with Gasteiger partial charge in [0.1, 0.15) is 29.8 Å². The molecular weight excluding hydrogens is 846 g/mol. The number of likely N-dealkylation sites (tertiary alicyclic amines) is 2. The normalized spacial score (nSPS) is 17.9. The third kappa shape index (κ3) is 9.46. The summed E-state index contributed by atoms with van der Waals surface area (Å²) in [6, 6.07) is 16.0. The van der Waals surface area contributed by atoms with E-state index in [0.29, 0.717) is 62.4 Å². The lowest BCUT2D eigenvalue weighted by atomic mass is 9.89. The van der Waals surface area contributed by atoms with Crippen molar-refractivity contribution in [1.82, 2.24) is 38.8 Å². The third-order valence-electron chi connectivity index (χ3n) is 12.2. The highest BCUT2D eigenvalue weighted by atomic mass is 32.2. The molecule has 5 heterocycles. The summed E-state index contributed by atoms with van der Waals surface area (Å²) in [5, 5.41) is 20.2. The van der Waals surface area contributed by atoms with Crippen LogP contribution in [-0.4, -0.2) is 112 Å². The number of amides is 3. The number of rotatable bonds is 13. The number of piperidine rings is 3. The van der Waals surface area contributed by atoms with Crippen molar-refractivity contribution in [2.24, 2.45) is 0 Å². The molecule has 3 aliphatic heterocycles. The van der Waals surface area contributed by atoms with Crippen molar-refractivity contribution in [2.45, 2.75) is 63.5 Å². The third-order valence-corrected chi connectivity index (χ3v) is 13.8. The Morgan fingerprint density at radius 1 is 1.02 bits per heavy atom. The number of carbonyl (C=O) groups excluding carboxylic acids is 3. The van der Waals surface area contributed by atoms with Crippen LogP contribution in [0.5, 0.6) is 11.5 Å². The molecule has 64 heavy (non-hydrogen) atoms. The van der Waals surface area contributed by atoms with Crippen molar-refractivity contribution in [2.75, 3.05) is 56.4 Å². The van der Waals surface area contributed by atoms with Gasteiger partial charge < -0.3 is 15.0 Å². The average Bonchev–Trinajstić information content (AvgIpc) is 3.79. The Morgan fingerprint density at radius 3 is 2.47 bits per heavy atom. The first-order valence-corrected chi connectivity index (χ1v) is 22.6. The first-order valence-electron chi connectivity index (χ1n) is 21.2. The topological polar surface area (TPSA) is 217 Å². The average molecular weight is 894 g/mol. The summed E-state index contributed by atoms with van der Waals surface area (Å²) < 4.78 is 52.7. The van der Waals surface area contributed by atoms with Crippen LogP contribution in [0.4, 0.5) is 15.8 Å². The Hall–Kier alpha value is -6.69. The molecule has 2 aromatic heterocycles. The number of halogens is 1. The van der Waals surface area contributed by atoms with Crippen LogP contribution < -0.4 is 25.7 Å². The van der Waals surface area contributed by atoms with Crippen LogP contribution in [0.1, 0.15) is 68.5 Å². The van der Waals surface area contributed by atoms with Crippen LogP contribution in [0.15, 0.2) is 78.1 Å². The van der Waals surface area contributed by atoms with Crippen molar-refractivity contribution < 1.29 is 31.9 Å². The summed E-state index contributed by atoms with van der Waals surface area (Å²) in [6.45, 7) is 4.94. The van der Waals surface area contributed by atoms with Gasteiger partial charge in [-0.15, -0.1) is 0 Å². The monoisotopic (exact) mass is 893 g/mol. The van der Waals surface area contributed by atoms with Crippen LogP contribution in [0, 0.1) is 17.1 Å². The number of fused-ring (bicyclic) bond motifs is 1. The van der Waals surface area contributed by atoms with Gasteiger partial charge in [0.25, 0.3) is 5.56 Å². The number of nitrogens with zero attached hydrogens (tertiary/aromatic N) is 8. The van der Waals surface area contributed by atoms with Gasteiger partial charge in [-0.3, -0.25) is 43.4 Å². The summed E-state index contributed by atoms with van der Waals surface area (Å²) in [5.41, 5.74) is 1.90. The number of hydrogen-bond acceptors (Lipinski definition) is 12. The Kier molecular flexibility index (Phi) is 12.8. The van der Waals surface area contributed by atoms with E-state index in [1.165, 1.54) is 41.7 Å². The molecule has 3 amide bonds. The van der Waals surface area contributed by atoms with E-state index in [1.54, 1.807) is 24.0 Å². The molecule has 0 saturated carbocycles. The Morgan fingerprint density at radius 2 is 1.77 bits per heavy atom. The van der Waals surface area contributed by atoms with Crippen LogP contribution in [-0.2, 0) is 24.6 Å². The molecule has 20 heteroatoms. The summed E-state index contributed by atoms with van der Waals surface area (Å²) in [7, 11) is -2.67. The van der Waals surface area contributed by atoms with Crippen LogP contribution >= 0.6 is 0 Å². The second kappa shape index (κ2) is 18.6. The number of carbonyl (C=O) groups is 3. The van der Waals surface area contributed by atoms with Crippen molar-refractivity contribution in [3.05, 3.63) is 101 Å². The van der Waals surface area contributed by atoms with Gasteiger partial charge in [0.05, 0.1) is 41.1 Å². The molecule has 0 spiro atoms. The summed E-state index contributed by atoms with van der Waals surface area (Å²) in [5.74, 6) is -1.45. The predicted octanol–water partition coefficient (Wildman–Crippen LogP) is 4.25. The lowest BCUT2D eigenvalue weighted by Gasteiger charge is -2.36. The molecule has 3 N–H and O–H groups in total. The van der Waals surface area contributed by atoms with Gasteiger partial charge in [-0.05, 0) is 99.1 Å². The first kappa shape index (κ1) is 43.9. The molecule has 3 fully saturated rings. The zero-order valence-electron chi connectivity index (χ0n) is 35.4. The summed E-state index contributed by atoms with van der Waals surface area (Å²) >= 11 is 0. The van der Waals surface area contributed by atoms with Gasteiger partial charge in [0.15, 0.2) is 11.6 Å². The van der Waals surface area contributed by atoms with E-state index in [4.69, 9.17) is 4.74 Å². The van der Waals surface area contributed by atoms with E-state index in [-0.39, 0.29) is 52.7 Å². The number of benzene rings is 3. The van der Waals surface area contributed by atoms with E-state index in [1.807, 2.05) is 23.1 Å². The number of aromatic nitrogens is 4. The molecule has 3 saturated heterocycles. The molecule has 5 aromatic rings. The molecule has 1 atom stereocenters. The van der Waals surface area contributed by atoms with Gasteiger partial charge in [-0.25, -0.2) is 9.37 Å². The van der Waals surface area contributed by atoms with Crippen molar-refractivity contribution >= 4 is 50.2 Å². The van der Waals surface area contributed by atoms with E-state index in [9.17, 15) is 32.9 Å². The van der Waals surface area contributed by atoms with Crippen molar-refractivity contribution in [3.8, 4) is 23.3 Å². The minimum atomic E-state index is -4.03. The number of anilines is 2.